The molecule has 1 aliphatic rings. The van der Waals surface area contributed by atoms with E-state index < -0.39 is 0 Å². The molecule has 1 aliphatic carbocycles. The van der Waals surface area contributed by atoms with Crippen molar-refractivity contribution < 1.29 is 0 Å². The first kappa shape index (κ1) is 9.79. The summed E-state index contributed by atoms with van der Waals surface area (Å²) in [5, 5.41) is 0. The molecule has 1 rings (SSSR count). The van der Waals surface area contributed by atoms with Crippen molar-refractivity contribution in [2.75, 3.05) is 0 Å². The van der Waals surface area contributed by atoms with Gasteiger partial charge in [0.25, 0.3) is 0 Å². The maximum Gasteiger partial charge on any atom is 0.00449 e. The highest BCUT2D eigenvalue weighted by atomic mass is 14.6. The summed E-state index contributed by atoms with van der Waals surface area (Å²) in [6.45, 7) is 6.82. The molecule has 1 heteroatoms. The van der Waals surface area contributed by atoms with Crippen molar-refractivity contribution in [3.05, 3.63) is 11.1 Å². The van der Waals surface area contributed by atoms with Crippen LogP contribution in [0, 0.1) is 5.92 Å². The molecule has 12 heavy (non-hydrogen) atoms. The monoisotopic (exact) mass is 167 g/mol. The van der Waals surface area contributed by atoms with Crippen molar-refractivity contribution in [2.24, 2.45) is 11.7 Å². The lowest BCUT2D eigenvalue weighted by molar-refractivity contribution is 0.502. The topological polar surface area (TPSA) is 26.0 Å². The van der Waals surface area contributed by atoms with E-state index in [2.05, 4.69) is 20.8 Å². The second-order valence-electron chi connectivity index (χ2n) is 4.28. The summed E-state index contributed by atoms with van der Waals surface area (Å²) in [7, 11) is 0. The van der Waals surface area contributed by atoms with E-state index in [0.717, 1.165) is 0 Å². The van der Waals surface area contributed by atoms with Gasteiger partial charge in [-0.3, -0.25) is 0 Å². The van der Waals surface area contributed by atoms with Gasteiger partial charge < -0.3 is 5.73 Å². The van der Waals surface area contributed by atoms with Crippen molar-refractivity contribution in [3.8, 4) is 0 Å². The summed E-state index contributed by atoms with van der Waals surface area (Å²) in [5.74, 6) is 0.717. The molecule has 1 nitrogen and oxygen atoms in total. The number of rotatable bonds is 1. The molecular formula is C11H21N. The molecule has 0 aromatic heterocycles. The highest BCUT2D eigenvalue weighted by Crippen LogP contribution is 2.27. The Kier molecular flexibility index (Phi) is 3.33. The molecule has 0 unspecified atom stereocenters. The standard InChI is InChI=1S/C11H21N/c1-8(2)9(3)10-4-6-11(12)7-5-10/h8,11H,4-7,12H2,1-3H3. The van der Waals surface area contributed by atoms with Crippen LogP contribution in [0.2, 0.25) is 0 Å². The molecule has 1 saturated carbocycles. The van der Waals surface area contributed by atoms with Crippen LogP contribution >= 0.6 is 0 Å². The first-order valence-electron chi connectivity index (χ1n) is 5.05. The molecule has 70 valence electrons. The first-order valence-corrected chi connectivity index (χ1v) is 5.05. The van der Waals surface area contributed by atoms with E-state index in [1.165, 1.54) is 25.7 Å². The summed E-state index contributed by atoms with van der Waals surface area (Å²) in [5.41, 5.74) is 9.12. The first-order chi connectivity index (χ1) is 5.61. The lowest BCUT2D eigenvalue weighted by atomic mass is 9.86. The molecule has 0 atom stereocenters. The molecule has 0 saturated heterocycles. The van der Waals surface area contributed by atoms with Crippen LogP contribution in [0.4, 0.5) is 0 Å². The Morgan fingerprint density at radius 2 is 1.83 bits per heavy atom. The third-order valence-corrected chi connectivity index (χ3v) is 3.06. The van der Waals surface area contributed by atoms with Crippen LogP contribution < -0.4 is 5.73 Å². The summed E-state index contributed by atoms with van der Waals surface area (Å²) in [6, 6.07) is 0.466. The lowest BCUT2D eigenvalue weighted by Gasteiger charge is -2.23. The molecule has 0 bridgehead atoms. The van der Waals surface area contributed by atoms with Gasteiger partial charge in [0.2, 0.25) is 0 Å². The zero-order valence-corrected chi connectivity index (χ0v) is 8.56. The van der Waals surface area contributed by atoms with E-state index in [1.807, 2.05) is 0 Å². The minimum Gasteiger partial charge on any atom is -0.328 e. The van der Waals surface area contributed by atoms with Crippen LogP contribution in [0.3, 0.4) is 0 Å². The fraction of sp³-hybridized carbons (Fsp3) is 0.818. The molecule has 0 spiro atoms. The number of nitrogens with two attached hydrogens (primary N) is 1. The summed E-state index contributed by atoms with van der Waals surface area (Å²) >= 11 is 0. The van der Waals surface area contributed by atoms with Crippen LogP contribution in [0.1, 0.15) is 46.5 Å². The summed E-state index contributed by atoms with van der Waals surface area (Å²) in [4.78, 5) is 0. The summed E-state index contributed by atoms with van der Waals surface area (Å²) < 4.78 is 0. The lowest BCUT2D eigenvalue weighted by Crippen LogP contribution is -2.23. The highest BCUT2D eigenvalue weighted by molar-refractivity contribution is 5.16. The van der Waals surface area contributed by atoms with E-state index in [1.54, 1.807) is 11.1 Å². The van der Waals surface area contributed by atoms with Gasteiger partial charge in [0.1, 0.15) is 0 Å². The van der Waals surface area contributed by atoms with Gasteiger partial charge in [-0.05, 0) is 38.5 Å². The largest absolute Gasteiger partial charge is 0.328 e. The Morgan fingerprint density at radius 3 is 2.25 bits per heavy atom. The second kappa shape index (κ2) is 4.08. The predicted molar refractivity (Wildman–Crippen MR) is 54.0 cm³/mol. The zero-order chi connectivity index (χ0) is 9.14. The molecule has 0 aromatic rings. The van der Waals surface area contributed by atoms with E-state index in [4.69, 9.17) is 5.73 Å². The number of hydrogen-bond acceptors (Lipinski definition) is 1. The van der Waals surface area contributed by atoms with Crippen LogP contribution in [0.25, 0.3) is 0 Å². The van der Waals surface area contributed by atoms with Gasteiger partial charge in [-0.2, -0.15) is 0 Å². The molecule has 0 radical (unpaired) electrons. The van der Waals surface area contributed by atoms with Crippen molar-refractivity contribution in [3.63, 3.8) is 0 Å². The molecule has 0 aromatic carbocycles. The van der Waals surface area contributed by atoms with Crippen molar-refractivity contribution in [2.45, 2.75) is 52.5 Å². The fourth-order valence-electron chi connectivity index (χ4n) is 1.79. The molecule has 1 fully saturated rings. The van der Waals surface area contributed by atoms with E-state index >= 15 is 0 Å². The average Bonchev–Trinajstić information content (AvgIpc) is 2.04. The van der Waals surface area contributed by atoms with Crippen LogP contribution in [-0.4, -0.2) is 6.04 Å². The minimum atomic E-state index is 0.466. The molecule has 2 N–H and O–H groups in total. The minimum absolute atomic E-state index is 0.466. The molecular weight excluding hydrogens is 146 g/mol. The molecule has 0 aliphatic heterocycles. The van der Waals surface area contributed by atoms with Gasteiger partial charge in [-0.25, -0.2) is 0 Å². The Labute approximate surface area is 76.0 Å². The summed E-state index contributed by atoms with van der Waals surface area (Å²) in [6.07, 6.45) is 4.87. The average molecular weight is 167 g/mol. The fourth-order valence-corrected chi connectivity index (χ4v) is 1.79. The highest BCUT2D eigenvalue weighted by Gasteiger charge is 2.15. The van der Waals surface area contributed by atoms with Gasteiger partial charge in [-0.15, -0.1) is 0 Å². The van der Waals surface area contributed by atoms with E-state index in [0.29, 0.717) is 12.0 Å². The third-order valence-electron chi connectivity index (χ3n) is 3.06. The molecule has 0 amide bonds. The normalized spacial score (nSPS) is 24.8. The van der Waals surface area contributed by atoms with Gasteiger partial charge in [0, 0.05) is 6.04 Å². The zero-order valence-electron chi connectivity index (χ0n) is 8.56. The van der Waals surface area contributed by atoms with Crippen LogP contribution in [0.5, 0.6) is 0 Å². The Bertz CT molecular complexity index is 169. The number of allylic oxidation sites excluding steroid dienone is 2. The van der Waals surface area contributed by atoms with Crippen molar-refractivity contribution in [1.29, 1.82) is 0 Å². The Morgan fingerprint density at radius 1 is 1.33 bits per heavy atom. The quantitative estimate of drug-likeness (QED) is 0.597. The number of hydrogen-bond donors (Lipinski definition) is 1. The van der Waals surface area contributed by atoms with Crippen LogP contribution in [0.15, 0.2) is 11.1 Å². The van der Waals surface area contributed by atoms with E-state index in [-0.39, 0.29) is 0 Å². The van der Waals surface area contributed by atoms with Crippen molar-refractivity contribution >= 4 is 0 Å². The Balaban J connectivity index is 2.58. The third kappa shape index (κ3) is 2.34. The van der Waals surface area contributed by atoms with Gasteiger partial charge >= 0.3 is 0 Å². The van der Waals surface area contributed by atoms with Gasteiger partial charge in [-0.1, -0.05) is 25.0 Å². The van der Waals surface area contributed by atoms with E-state index in [9.17, 15) is 0 Å². The van der Waals surface area contributed by atoms with Gasteiger partial charge in [0.05, 0.1) is 0 Å². The maximum absolute atomic E-state index is 5.85. The smallest absolute Gasteiger partial charge is 0.00449 e. The maximum atomic E-state index is 5.85. The molecule has 0 heterocycles. The van der Waals surface area contributed by atoms with Crippen molar-refractivity contribution in [1.82, 2.24) is 0 Å². The predicted octanol–water partition coefficient (Wildman–Crippen LogP) is 2.86. The SMILES string of the molecule is CC(=C1CCC(N)CC1)C(C)C. The van der Waals surface area contributed by atoms with Gasteiger partial charge in [0.15, 0.2) is 0 Å². The second-order valence-corrected chi connectivity index (χ2v) is 4.28. The Hall–Kier alpha value is -0.300. The van der Waals surface area contributed by atoms with Crippen LogP contribution in [-0.2, 0) is 0 Å².